The highest BCUT2D eigenvalue weighted by Crippen LogP contribution is 2.14. The summed E-state index contributed by atoms with van der Waals surface area (Å²) in [7, 11) is 0. The Hall–Kier alpha value is -0.430. The van der Waals surface area contributed by atoms with Crippen LogP contribution in [-0.2, 0) is 9.47 Å². The van der Waals surface area contributed by atoms with E-state index in [1.807, 2.05) is 25.3 Å². The fourth-order valence-corrected chi connectivity index (χ4v) is 1.25. The molecular weight excluding hydrogens is 208 g/mol. The van der Waals surface area contributed by atoms with Crippen LogP contribution < -0.4 is 0 Å². The van der Waals surface area contributed by atoms with Gasteiger partial charge in [0.25, 0.3) is 0 Å². The monoisotopic (exact) mass is 226 g/mol. The van der Waals surface area contributed by atoms with Crippen molar-refractivity contribution in [1.29, 1.82) is 0 Å². The third kappa shape index (κ3) is 6.62. The molecule has 3 heteroatoms. The molecule has 1 saturated heterocycles. The van der Waals surface area contributed by atoms with Crippen LogP contribution in [0.2, 0.25) is 0 Å². The molecule has 1 fully saturated rings. The van der Waals surface area contributed by atoms with Gasteiger partial charge in [-0.2, -0.15) is 0 Å². The Morgan fingerprint density at radius 2 is 2.33 bits per heavy atom. The summed E-state index contributed by atoms with van der Waals surface area (Å²) in [5.41, 5.74) is -0.382. The van der Waals surface area contributed by atoms with Crippen molar-refractivity contribution in [3.8, 4) is 11.8 Å². The van der Waals surface area contributed by atoms with Crippen LogP contribution in [0, 0.1) is 11.8 Å². The number of allylic oxidation sites excluding steroid dienone is 1. The lowest BCUT2D eigenvalue weighted by Gasteiger charge is -2.17. The normalized spacial score (nSPS) is 20.1. The van der Waals surface area contributed by atoms with Gasteiger partial charge in [0.15, 0.2) is 0 Å². The predicted molar refractivity (Wildman–Crippen MR) is 64.8 cm³/mol. The van der Waals surface area contributed by atoms with E-state index in [1.54, 1.807) is 11.8 Å². The Morgan fingerprint density at radius 1 is 1.60 bits per heavy atom. The Labute approximate surface area is 96.4 Å². The number of hydrogen-bond donors (Lipinski definition) is 0. The van der Waals surface area contributed by atoms with Crippen LogP contribution in [-0.4, -0.2) is 30.7 Å². The highest BCUT2D eigenvalue weighted by atomic mass is 32.2. The van der Waals surface area contributed by atoms with Gasteiger partial charge in [0.1, 0.15) is 11.7 Å². The Balaban J connectivity index is 2.25. The maximum atomic E-state index is 5.62. The summed E-state index contributed by atoms with van der Waals surface area (Å²) in [4.78, 5) is 0. The molecule has 1 rings (SSSR count). The van der Waals surface area contributed by atoms with Gasteiger partial charge in [-0.3, -0.25) is 0 Å². The van der Waals surface area contributed by atoms with E-state index in [0.29, 0.717) is 12.7 Å². The minimum atomic E-state index is -0.382. The lowest BCUT2D eigenvalue weighted by molar-refractivity contribution is 0.0178. The van der Waals surface area contributed by atoms with Gasteiger partial charge in [-0.05, 0) is 31.1 Å². The molecule has 15 heavy (non-hydrogen) atoms. The van der Waals surface area contributed by atoms with Crippen molar-refractivity contribution >= 4 is 11.8 Å². The zero-order valence-corrected chi connectivity index (χ0v) is 10.4. The molecule has 0 saturated carbocycles. The van der Waals surface area contributed by atoms with Gasteiger partial charge in [-0.25, -0.2) is 0 Å². The average Bonchev–Trinajstić information content (AvgIpc) is 2.98. The van der Waals surface area contributed by atoms with Crippen LogP contribution in [0.5, 0.6) is 0 Å². The zero-order chi connectivity index (χ0) is 11.1. The van der Waals surface area contributed by atoms with Crippen molar-refractivity contribution in [1.82, 2.24) is 0 Å². The minimum absolute atomic E-state index is 0.303. The largest absolute Gasteiger partial charge is 0.371 e. The van der Waals surface area contributed by atoms with Gasteiger partial charge < -0.3 is 9.47 Å². The van der Waals surface area contributed by atoms with Crippen molar-refractivity contribution < 1.29 is 9.47 Å². The van der Waals surface area contributed by atoms with Crippen molar-refractivity contribution in [2.45, 2.75) is 32.5 Å². The Morgan fingerprint density at radius 3 is 2.93 bits per heavy atom. The van der Waals surface area contributed by atoms with E-state index in [-0.39, 0.29) is 5.60 Å². The molecule has 1 atom stereocenters. The highest BCUT2D eigenvalue weighted by Gasteiger charge is 2.26. The first-order valence-electron chi connectivity index (χ1n) is 5.19. The lowest BCUT2D eigenvalue weighted by atomic mass is 10.1. The molecule has 1 aliphatic rings. The van der Waals surface area contributed by atoms with E-state index in [0.717, 1.165) is 12.4 Å². The standard InChI is InChI=1S/C12H18O2S/c1-4-15-8-6-5-7-12(2,3)14-10-11-9-13-11/h6,8,11H,4,9-10H2,1-3H3/b8-6+. The van der Waals surface area contributed by atoms with E-state index >= 15 is 0 Å². The highest BCUT2D eigenvalue weighted by molar-refractivity contribution is 8.02. The molecule has 1 unspecified atom stereocenters. The van der Waals surface area contributed by atoms with Crippen LogP contribution in [0.25, 0.3) is 0 Å². The molecule has 84 valence electrons. The first kappa shape index (κ1) is 12.6. The van der Waals surface area contributed by atoms with Gasteiger partial charge >= 0.3 is 0 Å². The summed E-state index contributed by atoms with van der Waals surface area (Å²) in [6.07, 6.45) is 2.17. The summed E-state index contributed by atoms with van der Waals surface area (Å²) in [6.45, 7) is 7.54. The van der Waals surface area contributed by atoms with Crippen LogP contribution in [0.4, 0.5) is 0 Å². The SMILES string of the molecule is CCS/C=C/C#CC(C)(C)OCC1CO1. The second kappa shape index (κ2) is 6.22. The summed E-state index contributed by atoms with van der Waals surface area (Å²) in [5, 5.41) is 2.01. The summed E-state index contributed by atoms with van der Waals surface area (Å²) >= 11 is 1.74. The predicted octanol–water partition coefficient (Wildman–Crippen LogP) is 2.45. The first-order valence-corrected chi connectivity index (χ1v) is 6.24. The second-order valence-corrected chi connectivity index (χ2v) is 4.99. The summed E-state index contributed by atoms with van der Waals surface area (Å²) < 4.78 is 10.7. The quantitative estimate of drug-likeness (QED) is 0.531. The van der Waals surface area contributed by atoms with Gasteiger partial charge in [-0.15, -0.1) is 11.8 Å². The summed E-state index contributed by atoms with van der Waals surface area (Å²) in [6, 6.07) is 0. The maximum absolute atomic E-state index is 5.62. The molecule has 0 bridgehead atoms. The summed E-state index contributed by atoms with van der Waals surface area (Å²) in [5.74, 6) is 7.14. The van der Waals surface area contributed by atoms with E-state index in [9.17, 15) is 0 Å². The Kier molecular flexibility index (Phi) is 5.24. The fourth-order valence-electron chi connectivity index (χ4n) is 0.895. The molecule has 0 aromatic rings. The number of epoxide rings is 1. The number of ether oxygens (including phenoxy) is 2. The van der Waals surface area contributed by atoms with Crippen LogP contribution in [0.15, 0.2) is 11.5 Å². The molecule has 1 aliphatic heterocycles. The number of thioether (sulfide) groups is 1. The molecule has 0 aromatic carbocycles. The molecule has 0 amide bonds. The lowest BCUT2D eigenvalue weighted by Crippen LogP contribution is -2.24. The first-order chi connectivity index (χ1) is 7.14. The van der Waals surface area contributed by atoms with Gasteiger partial charge in [0.2, 0.25) is 0 Å². The van der Waals surface area contributed by atoms with Crippen molar-refractivity contribution in [2.24, 2.45) is 0 Å². The van der Waals surface area contributed by atoms with Crippen molar-refractivity contribution in [2.75, 3.05) is 19.0 Å². The van der Waals surface area contributed by atoms with Crippen LogP contribution >= 0.6 is 11.8 Å². The molecule has 0 aromatic heterocycles. The van der Waals surface area contributed by atoms with Crippen molar-refractivity contribution in [3.05, 3.63) is 11.5 Å². The molecule has 1 heterocycles. The zero-order valence-electron chi connectivity index (χ0n) is 9.58. The van der Waals surface area contributed by atoms with E-state index < -0.39 is 0 Å². The van der Waals surface area contributed by atoms with E-state index in [1.165, 1.54) is 0 Å². The number of rotatable bonds is 5. The van der Waals surface area contributed by atoms with Gasteiger partial charge in [0.05, 0.1) is 13.2 Å². The average molecular weight is 226 g/mol. The molecular formula is C12H18O2S. The smallest absolute Gasteiger partial charge is 0.123 e. The minimum Gasteiger partial charge on any atom is -0.371 e. The molecule has 2 nitrogen and oxygen atoms in total. The second-order valence-electron chi connectivity index (χ2n) is 3.80. The van der Waals surface area contributed by atoms with E-state index in [2.05, 4.69) is 18.8 Å². The molecule has 0 aliphatic carbocycles. The molecule has 0 spiro atoms. The van der Waals surface area contributed by atoms with Crippen LogP contribution in [0.1, 0.15) is 20.8 Å². The van der Waals surface area contributed by atoms with Crippen molar-refractivity contribution in [3.63, 3.8) is 0 Å². The van der Waals surface area contributed by atoms with Gasteiger partial charge in [0, 0.05) is 0 Å². The van der Waals surface area contributed by atoms with Gasteiger partial charge in [-0.1, -0.05) is 18.8 Å². The molecule has 0 radical (unpaired) electrons. The van der Waals surface area contributed by atoms with E-state index in [4.69, 9.17) is 9.47 Å². The number of hydrogen-bond acceptors (Lipinski definition) is 3. The Bertz CT molecular complexity index is 269. The van der Waals surface area contributed by atoms with Crippen LogP contribution in [0.3, 0.4) is 0 Å². The molecule has 0 N–H and O–H groups in total. The third-order valence-corrected chi connectivity index (χ3v) is 2.48. The topological polar surface area (TPSA) is 21.8 Å². The fraction of sp³-hybridized carbons (Fsp3) is 0.667. The third-order valence-electron chi connectivity index (χ3n) is 1.82. The maximum Gasteiger partial charge on any atom is 0.123 e.